The first-order valence-corrected chi connectivity index (χ1v) is 7.60. The second-order valence-electron chi connectivity index (χ2n) is 5.48. The number of aromatic nitrogens is 4. The Morgan fingerprint density at radius 3 is 2.58 bits per heavy atom. The summed E-state index contributed by atoms with van der Waals surface area (Å²) in [6.45, 7) is 6.13. The summed E-state index contributed by atoms with van der Waals surface area (Å²) in [5.74, 6) is 0.518. The molecule has 7 nitrogen and oxygen atoms in total. The van der Waals surface area contributed by atoms with Gasteiger partial charge in [-0.2, -0.15) is 4.98 Å². The zero-order valence-electron chi connectivity index (χ0n) is 13.8. The van der Waals surface area contributed by atoms with Crippen LogP contribution in [0, 0.1) is 20.8 Å². The van der Waals surface area contributed by atoms with Crippen molar-refractivity contribution >= 4 is 11.7 Å². The standard InChI is InChI=1S/C17H18N4O3/c1-11-4-6-14(7-5-11)23-8-9-24-16(22)15-19-17-18-12(2)10-13(3)21(17)20-15/h4-7,10H,8-9H2,1-3H3. The summed E-state index contributed by atoms with van der Waals surface area (Å²) in [6.07, 6.45) is 0. The first-order valence-electron chi connectivity index (χ1n) is 7.60. The summed E-state index contributed by atoms with van der Waals surface area (Å²) in [6, 6.07) is 9.53. The molecule has 0 saturated carbocycles. The van der Waals surface area contributed by atoms with Gasteiger partial charge in [0.25, 0.3) is 11.6 Å². The van der Waals surface area contributed by atoms with Crippen molar-refractivity contribution in [3.05, 3.63) is 53.1 Å². The fraction of sp³-hybridized carbons (Fsp3) is 0.294. The van der Waals surface area contributed by atoms with Gasteiger partial charge >= 0.3 is 5.97 Å². The summed E-state index contributed by atoms with van der Waals surface area (Å²) in [5, 5.41) is 4.13. The van der Waals surface area contributed by atoms with Gasteiger partial charge in [-0.1, -0.05) is 17.7 Å². The van der Waals surface area contributed by atoms with E-state index in [1.807, 2.05) is 51.1 Å². The van der Waals surface area contributed by atoms with Crippen molar-refractivity contribution < 1.29 is 14.3 Å². The highest BCUT2D eigenvalue weighted by Crippen LogP contribution is 2.11. The van der Waals surface area contributed by atoms with E-state index in [4.69, 9.17) is 9.47 Å². The van der Waals surface area contributed by atoms with Crippen LogP contribution < -0.4 is 4.74 Å². The molecule has 0 fully saturated rings. The number of benzene rings is 1. The molecule has 0 saturated heterocycles. The van der Waals surface area contributed by atoms with Gasteiger partial charge in [0.15, 0.2) is 0 Å². The van der Waals surface area contributed by atoms with Crippen LogP contribution in [0.25, 0.3) is 5.78 Å². The molecule has 3 aromatic rings. The largest absolute Gasteiger partial charge is 0.490 e. The fourth-order valence-corrected chi connectivity index (χ4v) is 2.25. The number of carbonyl (C=O) groups excluding carboxylic acids is 1. The minimum absolute atomic E-state index is 0.00784. The molecule has 0 aliphatic heterocycles. The van der Waals surface area contributed by atoms with Crippen molar-refractivity contribution in [2.45, 2.75) is 20.8 Å². The van der Waals surface area contributed by atoms with E-state index in [2.05, 4.69) is 15.1 Å². The first-order chi connectivity index (χ1) is 11.5. The van der Waals surface area contributed by atoms with Crippen LogP contribution in [0.5, 0.6) is 5.75 Å². The molecule has 2 aromatic heterocycles. The minimum Gasteiger partial charge on any atom is -0.490 e. The number of aryl methyl sites for hydroxylation is 3. The van der Waals surface area contributed by atoms with Crippen molar-refractivity contribution in [3.63, 3.8) is 0 Å². The third kappa shape index (κ3) is 3.51. The lowest BCUT2D eigenvalue weighted by atomic mass is 10.2. The van der Waals surface area contributed by atoms with Crippen molar-refractivity contribution in [3.8, 4) is 5.75 Å². The van der Waals surface area contributed by atoms with E-state index in [1.54, 1.807) is 0 Å². The summed E-state index contributed by atoms with van der Waals surface area (Å²) in [7, 11) is 0. The molecule has 3 rings (SSSR count). The predicted octanol–water partition coefficient (Wildman–Crippen LogP) is 2.29. The van der Waals surface area contributed by atoms with Crippen LogP contribution >= 0.6 is 0 Å². The predicted molar refractivity (Wildman–Crippen MR) is 87.2 cm³/mol. The minimum atomic E-state index is -0.593. The number of nitrogens with zero attached hydrogens (tertiary/aromatic N) is 4. The van der Waals surface area contributed by atoms with Crippen LogP contribution in [0.2, 0.25) is 0 Å². The van der Waals surface area contributed by atoms with Gasteiger partial charge in [0.2, 0.25) is 0 Å². The zero-order chi connectivity index (χ0) is 17.1. The van der Waals surface area contributed by atoms with Gasteiger partial charge in [-0.25, -0.2) is 14.3 Å². The third-order valence-electron chi connectivity index (χ3n) is 3.41. The summed E-state index contributed by atoms with van der Waals surface area (Å²) in [4.78, 5) is 20.4. The second-order valence-corrected chi connectivity index (χ2v) is 5.48. The van der Waals surface area contributed by atoms with Crippen LogP contribution in [0.4, 0.5) is 0 Å². The fourth-order valence-electron chi connectivity index (χ4n) is 2.25. The molecule has 0 spiro atoms. The highest BCUT2D eigenvalue weighted by molar-refractivity contribution is 5.85. The molecule has 0 aliphatic carbocycles. The average molecular weight is 326 g/mol. The molecular formula is C17H18N4O3. The normalized spacial score (nSPS) is 10.8. The van der Waals surface area contributed by atoms with Crippen molar-refractivity contribution in [2.75, 3.05) is 13.2 Å². The van der Waals surface area contributed by atoms with Gasteiger partial charge in [0.1, 0.15) is 19.0 Å². The molecule has 0 atom stereocenters. The van der Waals surface area contributed by atoms with E-state index in [0.717, 1.165) is 22.7 Å². The maximum Gasteiger partial charge on any atom is 0.378 e. The topological polar surface area (TPSA) is 78.6 Å². The van der Waals surface area contributed by atoms with Crippen LogP contribution in [-0.2, 0) is 4.74 Å². The monoisotopic (exact) mass is 326 g/mol. The van der Waals surface area contributed by atoms with Crippen LogP contribution in [0.3, 0.4) is 0 Å². The number of rotatable bonds is 5. The molecule has 0 bridgehead atoms. The molecule has 0 amide bonds. The summed E-state index contributed by atoms with van der Waals surface area (Å²) < 4.78 is 12.2. The Morgan fingerprint density at radius 2 is 1.83 bits per heavy atom. The Bertz CT molecular complexity index is 871. The van der Waals surface area contributed by atoms with E-state index in [9.17, 15) is 4.79 Å². The van der Waals surface area contributed by atoms with Crippen molar-refractivity contribution in [2.24, 2.45) is 0 Å². The molecule has 2 heterocycles. The van der Waals surface area contributed by atoms with Gasteiger partial charge in [-0.3, -0.25) is 0 Å². The Morgan fingerprint density at radius 1 is 1.08 bits per heavy atom. The van der Waals surface area contributed by atoms with Gasteiger partial charge in [-0.15, -0.1) is 5.10 Å². The highest BCUT2D eigenvalue weighted by atomic mass is 16.6. The van der Waals surface area contributed by atoms with Crippen LogP contribution in [0.15, 0.2) is 30.3 Å². The third-order valence-corrected chi connectivity index (χ3v) is 3.41. The van der Waals surface area contributed by atoms with E-state index < -0.39 is 5.97 Å². The molecule has 0 N–H and O–H groups in total. The Balaban J connectivity index is 1.57. The van der Waals surface area contributed by atoms with Gasteiger partial charge < -0.3 is 9.47 Å². The van der Waals surface area contributed by atoms with Gasteiger partial charge in [0, 0.05) is 11.4 Å². The highest BCUT2D eigenvalue weighted by Gasteiger charge is 2.16. The summed E-state index contributed by atoms with van der Waals surface area (Å²) in [5.41, 5.74) is 2.83. The zero-order valence-corrected chi connectivity index (χ0v) is 13.8. The number of fused-ring (bicyclic) bond motifs is 1. The number of hydrogen-bond acceptors (Lipinski definition) is 6. The lowest BCUT2D eigenvalue weighted by Gasteiger charge is -2.06. The molecule has 7 heteroatoms. The lowest BCUT2D eigenvalue weighted by Crippen LogP contribution is -2.13. The SMILES string of the molecule is Cc1ccc(OCCOC(=O)c2nc3nc(C)cc(C)n3n2)cc1. The van der Waals surface area contributed by atoms with Crippen molar-refractivity contribution in [1.82, 2.24) is 19.6 Å². The molecule has 24 heavy (non-hydrogen) atoms. The van der Waals surface area contributed by atoms with Crippen LogP contribution in [0.1, 0.15) is 27.6 Å². The van der Waals surface area contributed by atoms with Crippen LogP contribution in [-0.4, -0.2) is 38.8 Å². The summed E-state index contributed by atoms with van der Waals surface area (Å²) >= 11 is 0. The number of esters is 1. The maximum atomic E-state index is 12.0. The molecule has 0 unspecified atom stereocenters. The van der Waals surface area contributed by atoms with Crippen molar-refractivity contribution in [1.29, 1.82) is 0 Å². The average Bonchev–Trinajstić information content (AvgIpc) is 2.97. The number of hydrogen-bond donors (Lipinski definition) is 0. The lowest BCUT2D eigenvalue weighted by molar-refractivity contribution is 0.0436. The number of ether oxygens (including phenoxy) is 2. The molecular weight excluding hydrogens is 308 g/mol. The second kappa shape index (κ2) is 6.66. The molecule has 1 aromatic carbocycles. The van der Waals surface area contributed by atoms with E-state index >= 15 is 0 Å². The number of carbonyl (C=O) groups is 1. The van der Waals surface area contributed by atoms with E-state index in [0.29, 0.717) is 5.78 Å². The molecule has 0 radical (unpaired) electrons. The smallest absolute Gasteiger partial charge is 0.378 e. The quantitative estimate of drug-likeness (QED) is 0.529. The Labute approximate surface area is 139 Å². The van der Waals surface area contributed by atoms with Gasteiger partial charge in [0.05, 0.1) is 0 Å². The van der Waals surface area contributed by atoms with E-state index in [-0.39, 0.29) is 19.0 Å². The van der Waals surface area contributed by atoms with Gasteiger partial charge in [-0.05, 0) is 39.0 Å². The molecule has 0 aliphatic rings. The molecule has 124 valence electrons. The van der Waals surface area contributed by atoms with E-state index in [1.165, 1.54) is 4.52 Å². The maximum absolute atomic E-state index is 12.0. The Kier molecular flexibility index (Phi) is 4.41. The first kappa shape index (κ1) is 15.9. The Hall–Kier alpha value is -2.96.